The van der Waals surface area contributed by atoms with Crippen LogP contribution in [0.4, 0.5) is 0 Å². The highest BCUT2D eigenvalue weighted by Gasteiger charge is 2.25. The van der Waals surface area contributed by atoms with Gasteiger partial charge in [-0.3, -0.25) is 9.59 Å². The van der Waals surface area contributed by atoms with E-state index < -0.39 is 0 Å². The van der Waals surface area contributed by atoms with Crippen molar-refractivity contribution in [2.75, 3.05) is 46.4 Å². The van der Waals surface area contributed by atoms with Crippen LogP contribution in [-0.2, 0) is 4.79 Å². The molecule has 0 saturated carbocycles. The minimum atomic E-state index is 0.0226. The summed E-state index contributed by atoms with van der Waals surface area (Å²) in [4.78, 5) is 28.8. The maximum Gasteiger partial charge on any atom is 0.253 e. The summed E-state index contributed by atoms with van der Waals surface area (Å²) in [6.07, 6.45) is 3.98. The van der Waals surface area contributed by atoms with Crippen LogP contribution in [-0.4, -0.2) is 68.0 Å². The zero-order valence-electron chi connectivity index (χ0n) is 15.6. The Balaban J connectivity index is 1.44. The summed E-state index contributed by atoms with van der Waals surface area (Å²) in [5, 5.41) is 3.36. The van der Waals surface area contributed by atoms with E-state index in [1.165, 1.54) is 12.8 Å². The minimum Gasteiger partial charge on any atom is -0.497 e. The Morgan fingerprint density at radius 1 is 1.04 bits per heavy atom. The summed E-state index contributed by atoms with van der Waals surface area (Å²) >= 11 is 0. The van der Waals surface area contributed by atoms with Gasteiger partial charge >= 0.3 is 0 Å². The number of benzene rings is 1. The molecule has 0 aromatic heterocycles. The van der Waals surface area contributed by atoms with Crippen molar-refractivity contribution >= 4 is 11.8 Å². The van der Waals surface area contributed by atoms with Crippen LogP contribution in [0.3, 0.4) is 0 Å². The molecule has 2 fully saturated rings. The van der Waals surface area contributed by atoms with Gasteiger partial charge in [0, 0.05) is 38.2 Å². The Hall–Kier alpha value is -2.08. The number of nitrogens with zero attached hydrogens (tertiary/aromatic N) is 2. The Bertz CT molecular complexity index is 603. The maximum atomic E-state index is 12.6. The van der Waals surface area contributed by atoms with Crippen LogP contribution in [0.1, 0.15) is 36.0 Å². The zero-order valence-corrected chi connectivity index (χ0v) is 15.6. The van der Waals surface area contributed by atoms with Crippen molar-refractivity contribution in [3.05, 3.63) is 29.8 Å². The molecule has 0 atom stereocenters. The van der Waals surface area contributed by atoms with Crippen molar-refractivity contribution in [2.24, 2.45) is 5.92 Å². The van der Waals surface area contributed by atoms with E-state index in [0.717, 1.165) is 25.3 Å². The molecule has 142 valence electrons. The van der Waals surface area contributed by atoms with E-state index in [-0.39, 0.29) is 11.8 Å². The fourth-order valence-electron chi connectivity index (χ4n) is 3.73. The molecule has 2 amide bonds. The lowest BCUT2D eigenvalue weighted by molar-refractivity contribution is -0.133. The van der Waals surface area contributed by atoms with Crippen LogP contribution in [0.15, 0.2) is 24.3 Å². The molecule has 0 unspecified atom stereocenters. The summed E-state index contributed by atoms with van der Waals surface area (Å²) in [5.74, 6) is 1.68. The molecular formula is C20H29N3O3. The third-order valence-electron chi connectivity index (χ3n) is 5.48. The van der Waals surface area contributed by atoms with Crippen LogP contribution in [0.25, 0.3) is 0 Å². The van der Waals surface area contributed by atoms with Crippen molar-refractivity contribution in [2.45, 2.75) is 25.7 Å². The number of ether oxygens (including phenoxy) is 1. The molecule has 0 aliphatic carbocycles. The van der Waals surface area contributed by atoms with Gasteiger partial charge in [0.2, 0.25) is 5.91 Å². The first-order valence-corrected chi connectivity index (χ1v) is 9.59. The third-order valence-corrected chi connectivity index (χ3v) is 5.48. The zero-order chi connectivity index (χ0) is 18.4. The van der Waals surface area contributed by atoms with Gasteiger partial charge in [-0.15, -0.1) is 0 Å². The van der Waals surface area contributed by atoms with Crippen molar-refractivity contribution in [3.8, 4) is 5.75 Å². The van der Waals surface area contributed by atoms with Crippen LogP contribution in [0.2, 0.25) is 0 Å². The standard InChI is InChI=1S/C20H29N3O3/c1-26-18-5-3-17(4-6-18)20(25)23-14-12-22(13-15-23)19(24)7-2-16-8-10-21-11-9-16/h3-6,16,21H,2,7-15H2,1H3. The van der Waals surface area contributed by atoms with Gasteiger partial charge in [-0.1, -0.05) is 0 Å². The van der Waals surface area contributed by atoms with Crippen molar-refractivity contribution in [1.82, 2.24) is 15.1 Å². The molecule has 0 radical (unpaired) electrons. The Kier molecular flexibility index (Phi) is 6.50. The quantitative estimate of drug-likeness (QED) is 0.870. The lowest BCUT2D eigenvalue weighted by Crippen LogP contribution is -2.50. The van der Waals surface area contributed by atoms with Gasteiger partial charge in [-0.2, -0.15) is 0 Å². The second-order valence-electron chi connectivity index (χ2n) is 7.13. The third kappa shape index (κ3) is 4.75. The fraction of sp³-hybridized carbons (Fsp3) is 0.600. The number of piperidine rings is 1. The number of hydrogen-bond donors (Lipinski definition) is 1. The van der Waals surface area contributed by atoms with E-state index >= 15 is 0 Å². The molecule has 6 nitrogen and oxygen atoms in total. The van der Waals surface area contributed by atoms with Crippen molar-refractivity contribution < 1.29 is 14.3 Å². The fourth-order valence-corrected chi connectivity index (χ4v) is 3.73. The lowest BCUT2D eigenvalue weighted by atomic mass is 9.93. The van der Waals surface area contributed by atoms with Gasteiger partial charge in [0.15, 0.2) is 0 Å². The normalized spacial score (nSPS) is 18.7. The summed E-state index contributed by atoms with van der Waals surface area (Å²) in [6, 6.07) is 7.18. The summed E-state index contributed by atoms with van der Waals surface area (Å²) in [6.45, 7) is 4.61. The first-order valence-electron chi connectivity index (χ1n) is 9.59. The molecule has 2 aliphatic heterocycles. The van der Waals surface area contributed by atoms with E-state index in [0.29, 0.717) is 44.1 Å². The topological polar surface area (TPSA) is 61.9 Å². The highest BCUT2D eigenvalue weighted by Crippen LogP contribution is 2.19. The SMILES string of the molecule is COc1ccc(C(=O)N2CCN(C(=O)CCC3CCNCC3)CC2)cc1. The molecule has 2 heterocycles. The number of amides is 2. The molecule has 1 aromatic carbocycles. The highest BCUT2D eigenvalue weighted by molar-refractivity contribution is 5.94. The van der Waals surface area contributed by atoms with Gasteiger partial charge < -0.3 is 19.9 Å². The highest BCUT2D eigenvalue weighted by atomic mass is 16.5. The second kappa shape index (κ2) is 9.03. The summed E-state index contributed by atoms with van der Waals surface area (Å²) in [7, 11) is 1.61. The van der Waals surface area contributed by atoms with Crippen LogP contribution < -0.4 is 10.1 Å². The van der Waals surface area contributed by atoms with Gasteiger partial charge in [0.05, 0.1) is 7.11 Å². The minimum absolute atomic E-state index is 0.0226. The monoisotopic (exact) mass is 359 g/mol. The smallest absolute Gasteiger partial charge is 0.253 e. The van der Waals surface area contributed by atoms with Crippen molar-refractivity contribution in [1.29, 1.82) is 0 Å². The Labute approximate surface area is 155 Å². The predicted octanol–water partition coefficient (Wildman–Crippen LogP) is 1.76. The van der Waals surface area contributed by atoms with Gasteiger partial charge in [-0.25, -0.2) is 0 Å². The van der Waals surface area contributed by atoms with E-state index in [1.807, 2.05) is 9.80 Å². The molecule has 2 saturated heterocycles. The number of nitrogens with one attached hydrogen (secondary N) is 1. The molecule has 1 aromatic rings. The second-order valence-corrected chi connectivity index (χ2v) is 7.13. The van der Waals surface area contributed by atoms with E-state index in [9.17, 15) is 9.59 Å². The molecular weight excluding hydrogens is 330 g/mol. The van der Waals surface area contributed by atoms with E-state index in [4.69, 9.17) is 4.74 Å². The largest absolute Gasteiger partial charge is 0.497 e. The van der Waals surface area contributed by atoms with Gasteiger partial charge in [0.25, 0.3) is 5.91 Å². The number of carbonyl (C=O) groups is 2. The molecule has 26 heavy (non-hydrogen) atoms. The van der Waals surface area contributed by atoms with Gasteiger partial charge in [-0.05, 0) is 62.5 Å². The summed E-state index contributed by atoms with van der Waals surface area (Å²) < 4.78 is 5.13. The van der Waals surface area contributed by atoms with Gasteiger partial charge in [0.1, 0.15) is 5.75 Å². The number of methoxy groups -OCH3 is 1. The summed E-state index contributed by atoms with van der Waals surface area (Å²) in [5.41, 5.74) is 0.663. The van der Waals surface area contributed by atoms with E-state index in [2.05, 4.69) is 5.32 Å². The average Bonchev–Trinajstić information content (AvgIpc) is 2.72. The first-order chi connectivity index (χ1) is 12.7. The molecule has 6 heteroatoms. The maximum absolute atomic E-state index is 12.6. The van der Waals surface area contributed by atoms with Crippen LogP contribution in [0.5, 0.6) is 5.75 Å². The average molecular weight is 359 g/mol. The first kappa shape index (κ1) is 18.7. The van der Waals surface area contributed by atoms with E-state index in [1.54, 1.807) is 31.4 Å². The Morgan fingerprint density at radius 3 is 2.27 bits per heavy atom. The number of piperazine rings is 1. The number of hydrogen-bond acceptors (Lipinski definition) is 4. The number of rotatable bonds is 5. The molecule has 2 aliphatic rings. The van der Waals surface area contributed by atoms with Crippen LogP contribution in [0, 0.1) is 5.92 Å². The number of carbonyl (C=O) groups excluding carboxylic acids is 2. The molecule has 3 rings (SSSR count). The molecule has 0 bridgehead atoms. The van der Waals surface area contributed by atoms with Crippen LogP contribution >= 0.6 is 0 Å². The predicted molar refractivity (Wildman–Crippen MR) is 100 cm³/mol. The Morgan fingerprint density at radius 2 is 1.65 bits per heavy atom. The molecule has 0 spiro atoms. The lowest BCUT2D eigenvalue weighted by Gasteiger charge is -2.35. The molecule has 1 N–H and O–H groups in total. The van der Waals surface area contributed by atoms with Crippen molar-refractivity contribution in [3.63, 3.8) is 0 Å².